The quantitative estimate of drug-likeness (QED) is 0.832. The molecule has 1 fully saturated rings. The van der Waals surface area contributed by atoms with Gasteiger partial charge in [-0.05, 0) is 30.9 Å². The fourth-order valence-electron chi connectivity index (χ4n) is 2.54. The first-order valence-electron chi connectivity index (χ1n) is 6.68. The second kappa shape index (κ2) is 5.50. The van der Waals surface area contributed by atoms with Crippen LogP contribution in [0.3, 0.4) is 0 Å². The summed E-state index contributed by atoms with van der Waals surface area (Å²) in [5.41, 5.74) is 6.60. The van der Waals surface area contributed by atoms with Crippen molar-refractivity contribution in [3.05, 3.63) is 24.0 Å². The van der Waals surface area contributed by atoms with Crippen LogP contribution in [0, 0.1) is 0 Å². The van der Waals surface area contributed by atoms with E-state index in [0.29, 0.717) is 17.9 Å². The summed E-state index contributed by atoms with van der Waals surface area (Å²) in [6.45, 7) is 1.48. The van der Waals surface area contributed by atoms with Gasteiger partial charge in [0.25, 0.3) is 0 Å². The van der Waals surface area contributed by atoms with Crippen molar-refractivity contribution < 1.29 is 9.90 Å². The maximum absolute atomic E-state index is 11.3. The average Bonchev–Trinajstić information content (AvgIpc) is 2.91. The number of aromatic carboxylic acids is 1. The summed E-state index contributed by atoms with van der Waals surface area (Å²) in [5, 5.41) is 10.1. The van der Waals surface area contributed by atoms with Gasteiger partial charge in [-0.3, -0.25) is 0 Å². The number of fused-ring (bicyclic) bond motifs is 1. The van der Waals surface area contributed by atoms with Crippen molar-refractivity contribution in [1.29, 1.82) is 0 Å². The van der Waals surface area contributed by atoms with Gasteiger partial charge in [-0.1, -0.05) is 0 Å². The van der Waals surface area contributed by atoms with Crippen molar-refractivity contribution in [2.75, 3.05) is 24.2 Å². The zero-order chi connectivity index (χ0) is 15.0. The van der Waals surface area contributed by atoms with Gasteiger partial charge in [-0.2, -0.15) is 0 Å². The molecule has 110 valence electrons. The summed E-state index contributed by atoms with van der Waals surface area (Å²) in [5.74, 6) is -0.620. The highest BCUT2D eigenvalue weighted by molar-refractivity contribution is 7.98. The van der Waals surface area contributed by atoms with E-state index < -0.39 is 5.97 Å². The molecular weight excluding hydrogens is 288 g/mol. The Morgan fingerprint density at radius 1 is 1.48 bits per heavy atom. The van der Waals surface area contributed by atoms with Crippen molar-refractivity contribution in [2.45, 2.75) is 17.4 Å². The summed E-state index contributed by atoms with van der Waals surface area (Å²) >= 11 is 1.59. The minimum absolute atomic E-state index is 0.105. The molecule has 0 aliphatic carbocycles. The first kappa shape index (κ1) is 14.1. The van der Waals surface area contributed by atoms with E-state index in [2.05, 4.69) is 9.97 Å². The Bertz CT molecular complexity index is 707. The average molecular weight is 304 g/mol. The lowest BCUT2D eigenvalue weighted by atomic mass is 10.2. The second-order valence-corrected chi connectivity index (χ2v) is 5.93. The zero-order valence-electron chi connectivity index (χ0n) is 11.6. The molecule has 3 N–H and O–H groups in total. The van der Waals surface area contributed by atoms with Gasteiger partial charge in [0.1, 0.15) is 5.82 Å². The van der Waals surface area contributed by atoms with E-state index in [4.69, 9.17) is 5.73 Å². The van der Waals surface area contributed by atoms with Crippen molar-refractivity contribution >= 4 is 34.5 Å². The van der Waals surface area contributed by atoms with Gasteiger partial charge in [0.05, 0.1) is 5.52 Å². The standard InChI is InChI=1S/C14H16N4O2S/c1-21-9-2-3-10-11(6-9)16-12(14(19)20)17-13(10)18-5-4-8(15)7-18/h2-3,6,8H,4-5,7,15H2,1H3,(H,19,20)/t8-/m1/s1. The van der Waals surface area contributed by atoms with E-state index in [0.717, 1.165) is 23.2 Å². The molecule has 21 heavy (non-hydrogen) atoms. The van der Waals surface area contributed by atoms with Crippen molar-refractivity contribution in [2.24, 2.45) is 5.73 Å². The Balaban J connectivity index is 2.18. The van der Waals surface area contributed by atoms with Gasteiger partial charge < -0.3 is 15.7 Å². The third kappa shape index (κ3) is 2.66. The van der Waals surface area contributed by atoms with E-state index in [-0.39, 0.29) is 11.9 Å². The Kier molecular flexibility index (Phi) is 3.69. The molecule has 1 atom stereocenters. The number of carbonyl (C=O) groups is 1. The van der Waals surface area contributed by atoms with Gasteiger partial charge >= 0.3 is 5.97 Å². The lowest BCUT2D eigenvalue weighted by molar-refractivity contribution is 0.0684. The predicted octanol–water partition coefficient (Wildman–Crippen LogP) is 1.59. The number of benzene rings is 1. The van der Waals surface area contributed by atoms with Crippen LogP contribution in [0.1, 0.15) is 17.0 Å². The maximum Gasteiger partial charge on any atom is 0.374 e. The van der Waals surface area contributed by atoms with Crippen molar-refractivity contribution in [3.8, 4) is 0 Å². The van der Waals surface area contributed by atoms with Gasteiger partial charge in [0.15, 0.2) is 0 Å². The lowest BCUT2D eigenvalue weighted by Crippen LogP contribution is -2.27. The van der Waals surface area contributed by atoms with Gasteiger partial charge in [-0.25, -0.2) is 14.8 Å². The molecule has 0 radical (unpaired) electrons. The molecule has 0 bridgehead atoms. The number of thioether (sulfide) groups is 1. The fraction of sp³-hybridized carbons (Fsp3) is 0.357. The topological polar surface area (TPSA) is 92.3 Å². The summed E-state index contributed by atoms with van der Waals surface area (Å²) in [7, 11) is 0. The van der Waals surface area contributed by atoms with Crippen LogP contribution in [0.2, 0.25) is 0 Å². The molecule has 1 aliphatic heterocycles. The van der Waals surface area contributed by atoms with Crippen LogP contribution in [0.5, 0.6) is 0 Å². The van der Waals surface area contributed by atoms with Crippen LogP contribution in [-0.4, -0.2) is 46.4 Å². The number of nitrogens with two attached hydrogens (primary N) is 1. The number of carboxylic acid groups (broad SMARTS) is 1. The highest BCUT2D eigenvalue weighted by atomic mass is 32.2. The first-order valence-corrected chi connectivity index (χ1v) is 7.90. The maximum atomic E-state index is 11.3. The van der Waals surface area contributed by atoms with E-state index in [1.807, 2.05) is 29.4 Å². The molecule has 6 nitrogen and oxygen atoms in total. The Hall–Kier alpha value is -1.86. The fourth-order valence-corrected chi connectivity index (χ4v) is 2.97. The van der Waals surface area contributed by atoms with Crippen molar-refractivity contribution in [3.63, 3.8) is 0 Å². The van der Waals surface area contributed by atoms with Gasteiger partial charge in [0, 0.05) is 29.4 Å². The summed E-state index contributed by atoms with van der Waals surface area (Å²) in [6, 6.07) is 5.95. The Morgan fingerprint density at radius 2 is 2.29 bits per heavy atom. The smallest absolute Gasteiger partial charge is 0.374 e. The monoisotopic (exact) mass is 304 g/mol. The van der Waals surface area contributed by atoms with Crippen molar-refractivity contribution in [1.82, 2.24) is 9.97 Å². The molecule has 1 aromatic carbocycles. The first-order chi connectivity index (χ1) is 10.1. The molecule has 1 aromatic heterocycles. The SMILES string of the molecule is CSc1ccc2c(N3CC[C@@H](N)C3)nc(C(=O)O)nc2c1. The van der Waals surface area contributed by atoms with Gasteiger partial charge in [-0.15, -0.1) is 11.8 Å². The summed E-state index contributed by atoms with van der Waals surface area (Å²) in [4.78, 5) is 22.7. The highest BCUT2D eigenvalue weighted by Gasteiger charge is 2.24. The third-order valence-corrected chi connectivity index (χ3v) is 4.32. The molecule has 2 aromatic rings. The number of nitrogens with zero attached hydrogens (tertiary/aromatic N) is 3. The van der Waals surface area contributed by atoms with Gasteiger partial charge in [0.2, 0.25) is 5.82 Å². The van der Waals surface area contributed by atoms with Crippen LogP contribution in [0.25, 0.3) is 10.9 Å². The number of hydrogen-bond donors (Lipinski definition) is 2. The minimum atomic E-state index is -1.11. The number of anilines is 1. The number of rotatable bonds is 3. The summed E-state index contributed by atoms with van der Waals surface area (Å²) < 4.78 is 0. The van der Waals surface area contributed by atoms with Crippen LogP contribution >= 0.6 is 11.8 Å². The second-order valence-electron chi connectivity index (χ2n) is 5.05. The van der Waals surface area contributed by atoms with Crippen LogP contribution in [0.15, 0.2) is 23.1 Å². The molecular formula is C14H16N4O2S. The van der Waals surface area contributed by atoms with Crippen LogP contribution < -0.4 is 10.6 Å². The Morgan fingerprint density at radius 3 is 2.90 bits per heavy atom. The summed E-state index contributed by atoms with van der Waals surface area (Å²) in [6.07, 6.45) is 2.86. The molecule has 3 rings (SSSR count). The number of aromatic nitrogens is 2. The zero-order valence-corrected chi connectivity index (χ0v) is 12.4. The molecule has 2 heterocycles. The molecule has 1 saturated heterocycles. The highest BCUT2D eigenvalue weighted by Crippen LogP contribution is 2.29. The number of carboxylic acids is 1. The lowest BCUT2D eigenvalue weighted by Gasteiger charge is -2.19. The predicted molar refractivity (Wildman–Crippen MR) is 83.1 cm³/mol. The largest absolute Gasteiger partial charge is 0.475 e. The normalized spacial score (nSPS) is 18.4. The molecule has 0 spiro atoms. The van der Waals surface area contributed by atoms with Crippen LogP contribution in [0.4, 0.5) is 5.82 Å². The molecule has 1 aliphatic rings. The molecule has 0 saturated carbocycles. The molecule has 0 unspecified atom stereocenters. The van der Waals surface area contributed by atoms with E-state index in [9.17, 15) is 9.90 Å². The third-order valence-electron chi connectivity index (χ3n) is 3.60. The molecule has 7 heteroatoms. The van der Waals surface area contributed by atoms with E-state index in [1.54, 1.807) is 11.8 Å². The van der Waals surface area contributed by atoms with E-state index >= 15 is 0 Å². The van der Waals surface area contributed by atoms with Crippen LogP contribution in [-0.2, 0) is 0 Å². The Labute approximate surface area is 126 Å². The molecule has 0 amide bonds. The number of hydrogen-bond acceptors (Lipinski definition) is 6. The van der Waals surface area contributed by atoms with E-state index in [1.165, 1.54) is 0 Å². The minimum Gasteiger partial charge on any atom is -0.475 e.